The molecule has 1 aromatic heterocycles. The van der Waals surface area contributed by atoms with Crippen molar-refractivity contribution in [3.05, 3.63) is 41.5 Å². The minimum atomic E-state index is -4.15. The van der Waals surface area contributed by atoms with Crippen LogP contribution in [0.15, 0.2) is 29.3 Å². The standard InChI is InChI=1S/C24H28FN5O7S/c1-13-6-15(4-5-16(13)25)26-21(31)19-20-18(9-29(19)3)38(34,35)28-17-8-30(7-14(17)10-37-20)23(33)22(32)27-24(2)11-36-12-24/h4-6,9,14,17,28H,7-8,10-12H2,1-3H3,(H,26,31)(H,27,32). The Morgan fingerprint density at radius 2 is 1.95 bits per heavy atom. The van der Waals surface area contributed by atoms with Crippen LogP contribution in [0.2, 0.25) is 0 Å². The van der Waals surface area contributed by atoms with E-state index < -0.39 is 51.1 Å². The number of hydrogen-bond donors (Lipinski definition) is 3. The monoisotopic (exact) mass is 549 g/mol. The summed E-state index contributed by atoms with van der Waals surface area (Å²) in [6, 6.07) is 3.39. The molecule has 0 bridgehead atoms. The molecule has 2 unspecified atom stereocenters. The van der Waals surface area contributed by atoms with Crippen molar-refractivity contribution < 1.29 is 36.7 Å². The maximum absolute atomic E-state index is 13.6. The van der Waals surface area contributed by atoms with Crippen LogP contribution in [0.5, 0.6) is 5.75 Å². The number of likely N-dealkylation sites (tertiary alicyclic amines) is 1. The van der Waals surface area contributed by atoms with E-state index in [9.17, 15) is 27.2 Å². The van der Waals surface area contributed by atoms with E-state index in [1.54, 1.807) is 13.8 Å². The molecule has 0 saturated carbocycles. The van der Waals surface area contributed by atoms with Gasteiger partial charge in [-0.2, -0.15) is 0 Å². The molecule has 2 atom stereocenters. The van der Waals surface area contributed by atoms with Crippen molar-refractivity contribution in [3.8, 4) is 5.75 Å². The van der Waals surface area contributed by atoms with Gasteiger partial charge in [-0.05, 0) is 37.6 Å². The number of fused-ring (bicyclic) bond motifs is 2. The molecule has 0 spiro atoms. The van der Waals surface area contributed by atoms with Crippen LogP contribution in [0, 0.1) is 18.7 Å². The molecule has 204 valence electrons. The Kier molecular flexibility index (Phi) is 6.44. The first-order chi connectivity index (χ1) is 17.9. The molecule has 5 rings (SSSR count). The number of anilines is 1. The Morgan fingerprint density at radius 1 is 1.21 bits per heavy atom. The van der Waals surface area contributed by atoms with E-state index in [1.807, 2.05) is 0 Å². The van der Waals surface area contributed by atoms with Crippen LogP contribution in [-0.2, 0) is 31.4 Å². The third-order valence-electron chi connectivity index (χ3n) is 6.95. The lowest BCUT2D eigenvalue weighted by Crippen LogP contribution is -2.62. The Labute approximate surface area is 218 Å². The quantitative estimate of drug-likeness (QED) is 0.461. The third-order valence-corrected chi connectivity index (χ3v) is 8.43. The average molecular weight is 550 g/mol. The number of amides is 3. The number of rotatable bonds is 3. The Bertz CT molecular complexity index is 1440. The van der Waals surface area contributed by atoms with Crippen LogP contribution in [0.4, 0.5) is 10.1 Å². The van der Waals surface area contributed by atoms with E-state index in [4.69, 9.17) is 9.47 Å². The molecule has 12 nitrogen and oxygen atoms in total. The average Bonchev–Trinajstić information content (AvgIpc) is 3.37. The number of carbonyl (C=O) groups excluding carboxylic acids is 3. The SMILES string of the molecule is Cc1cc(NC(=O)c2c3c(cn2C)S(=O)(=O)NC2CN(C(=O)C(=O)NC4(C)COC4)CC2CO3)ccc1F. The summed E-state index contributed by atoms with van der Waals surface area (Å²) in [6.07, 6.45) is 1.27. The smallest absolute Gasteiger partial charge is 0.311 e. The first-order valence-corrected chi connectivity index (χ1v) is 13.5. The highest BCUT2D eigenvalue weighted by molar-refractivity contribution is 7.89. The van der Waals surface area contributed by atoms with Crippen LogP contribution in [0.3, 0.4) is 0 Å². The van der Waals surface area contributed by atoms with Gasteiger partial charge < -0.3 is 29.6 Å². The van der Waals surface area contributed by atoms with Gasteiger partial charge in [-0.15, -0.1) is 0 Å². The predicted octanol–water partition coefficient (Wildman–Crippen LogP) is 0.128. The summed E-state index contributed by atoms with van der Waals surface area (Å²) in [7, 11) is -2.63. The summed E-state index contributed by atoms with van der Waals surface area (Å²) in [5.41, 5.74) is 0.0295. The zero-order valence-corrected chi connectivity index (χ0v) is 21.9. The minimum Gasteiger partial charge on any atom is -0.489 e. The molecule has 3 aliphatic heterocycles. The number of benzene rings is 1. The van der Waals surface area contributed by atoms with Gasteiger partial charge in [-0.3, -0.25) is 14.4 Å². The molecule has 0 radical (unpaired) electrons. The minimum absolute atomic E-state index is 0.00289. The fourth-order valence-corrected chi connectivity index (χ4v) is 6.32. The molecule has 4 heterocycles. The van der Waals surface area contributed by atoms with Gasteiger partial charge in [-0.25, -0.2) is 17.5 Å². The van der Waals surface area contributed by atoms with Gasteiger partial charge >= 0.3 is 11.8 Å². The third kappa shape index (κ3) is 4.74. The molecular weight excluding hydrogens is 521 g/mol. The summed E-state index contributed by atoms with van der Waals surface area (Å²) in [4.78, 5) is 39.5. The van der Waals surface area contributed by atoms with Crippen molar-refractivity contribution in [3.63, 3.8) is 0 Å². The second kappa shape index (κ2) is 9.36. The van der Waals surface area contributed by atoms with Gasteiger partial charge in [0.05, 0.1) is 25.4 Å². The highest BCUT2D eigenvalue weighted by Crippen LogP contribution is 2.35. The van der Waals surface area contributed by atoms with Crippen LogP contribution in [-0.4, -0.2) is 80.1 Å². The normalized spacial score (nSPS) is 23.1. The number of aromatic nitrogens is 1. The van der Waals surface area contributed by atoms with Crippen LogP contribution < -0.4 is 20.1 Å². The molecular formula is C24H28FN5O7S. The largest absolute Gasteiger partial charge is 0.489 e. The van der Waals surface area contributed by atoms with Crippen molar-refractivity contribution in [1.82, 2.24) is 19.5 Å². The van der Waals surface area contributed by atoms with Crippen LogP contribution in [0.25, 0.3) is 0 Å². The highest BCUT2D eigenvalue weighted by atomic mass is 32.2. The lowest BCUT2D eigenvalue weighted by atomic mass is 10.0. The second-order valence-corrected chi connectivity index (χ2v) is 11.9. The highest BCUT2D eigenvalue weighted by Gasteiger charge is 2.44. The Hall–Kier alpha value is -3.49. The summed E-state index contributed by atoms with van der Waals surface area (Å²) in [6.45, 7) is 4.01. The number of ether oxygens (including phenoxy) is 2. The van der Waals surface area contributed by atoms with Crippen LogP contribution >= 0.6 is 0 Å². The van der Waals surface area contributed by atoms with Crippen molar-refractivity contribution >= 4 is 33.4 Å². The predicted molar refractivity (Wildman–Crippen MR) is 132 cm³/mol. The van der Waals surface area contributed by atoms with Crippen molar-refractivity contribution in [2.45, 2.75) is 30.3 Å². The van der Waals surface area contributed by atoms with Gasteiger partial charge in [0.25, 0.3) is 5.91 Å². The zero-order valence-electron chi connectivity index (χ0n) is 21.0. The summed E-state index contributed by atoms with van der Waals surface area (Å²) < 4.78 is 55.2. The zero-order chi connectivity index (χ0) is 27.4. The molecule has 0 aliphatic carbocycles. The van der Waals surface area contributed by atoms with Crippen molar-refractivity contribution in [1.29, 1.82) is 0 Å². The van der Waals surface area contributed by atoms with Gasteiger partial charge in [0, 0.05) is 44.0 Å². The number of sulfonamides is 1. The first kappa shape index (κ1) is 26.1. The summed E-state index contributed by atoms with van der Waals surface area (Å²) in [5, 5.41) is 5.31. The number of carbonyl (C=O) groups is 3. The first-order valence-electron chi connectivity index (χ1n) is 12.0. The maximum Gasteiger partial charge on any atom is 0.311 e. The molecule has 3 amide bonds. The number of aryl methyl sites for hydroxylation is 2. The maximum atomic E-state index is 13.6. The lowest BCUT2D eigenvalue weighted by Gasteiger charge is -2.38. The Morgan fingerprint density at radius 3 is 2.61 bits per heavy atom. The molecule has 2 aromatic rings. The number of hydrogen-bond acceptors (Lipinski definition) is 7. The fraction of sp³-hybridized carbons (Fsp3) is 0.458. The fourth-order valence-electron chi connectivity index (χ4n) is 4.83. The summed E-state index contributed by atoms with van der Waals surface area (Å²) >= 11 is 0. The molecule has 38 heavy (non-hydrogen) atoms. The molecule has 14 heteroatoms. The van der Waals surface area contributed by atoms with E-state index in [0.717, 1.165) is 0 Å². The van der Waals surface area contributed by atoms with Crippen LogP contribution in [0.1, 0.15) is 23.0 Å². The second-order valence-electron chi connectivity index (χ2n) is 10.2. The van der Waals surface area contributed by atoms with Crippen molar-refractivity contribution in [2.24, 2.45) is 13.0 Å². The van der Waals surface area contributed by atoms with Gasteiger partial charge in [0.1, 0.15) is 10.7 Å². The lowest BCUT2D eigenvalue weighted by molar-refractivity contribution is -0.150. The van der Waals surface area contributed by atoms with E-state index in [2.05, 4.69) is 15.4 Å². The topological polar surface area (TPSA) is 148 Å². The van der Waals surface area contributed by atoms with Gasteiger partial charge in [0.15, 0.2) is 11.4 Å². The Balaban J connectivity index is 1.35. The number of nitrogens with zero attached hydrogens (tertiary/aromatic N) is 2. The van der Waals surface area contributed by atoms with Gasteiger partial charge in [-0.1, -0.05) is 0 Å². The molecule has 1 aromatic carbocycles. The molecule has 2 saturated heterocycles. The van der Waals surface area contributed by atoms with Crippen molar-refractivity contribution in [2.75, 3.05) is 38.2 Å². The van der Waals surface area contributed by atoms with E-state index in [0.29, 0.717) is 24.5 Å². The molecule has 3 N–H and O–H groups in total. The molecule has 2 fully saturated rings. The number of halogens is 1. The van der Waals surface area contributed by atoms with E-state index in [1.165, 1.54) is 40.9 Å². The van der Waals surface area contributed by atoms with E-state index in [-0.39, 0.29) is 36.0 Å². The van der Waals surface area contributed by atoms with Gasteiger partial charge in [0.2, 0.25) is 10.0 Å². The molecule has 3 aliphatic rings. The van der Waals surface area contributed by atoms with E-state index >= 15 is 0 Å². The number of nitrogens with one attached hydrogen (secondary N) is 3. The summed E-state index contributed by atoms with van der Waals surface area (Å²) in [5.74, 6) is -3.21.